The SMILES string of the molecule is CCN(CC)c1ccc(C2=C(O)/C(=C3/C(=O)N(C(C)(C)C)N=C3CC3CCCC3)C2=O)c(NC(=O)CC2CCCC2)c1. The molecule has 0 spiro atoms. The topological polar surface area (TPSA) is 102 Å². The van der Waals surface area contributed by atoms with E-state index in [0.29, 0.717) is 41.6 Å². The largest absolute Gasteiger partial charge is 0.506 e. The van der Waals surface area contributed by atoms with E-state index in [1.54, 1.807) is 6.07 Å². The molecule has 2 fully saturated rings. The van der Waals surface area contributed by atoms with E-state index in [-0.39, 0.29) is 40.1 Å². The van der Waals surface area contributed by atoms with Crippen LogP contribution in [0.5, 0.6) is 0 Å². The van der Waals surface area contributed by atoms with Gasteiger partial charge in [0.15, 0.2) is 0 Å². The smallest absolute Gasteiger partial charge is 0.277 e. The minimum absolute atomic E-state index is 0.0505. The number of hydrogen-bond donors (Lipinski definition) is 2. The standard InChI is InChI=1S/C34H46N4O4/c1-6-37(7-2)23-16-17-24(25(20-23)35-27(39)19-22-14-10-11-15-22)28-31(40)30(32(28)41)29-26(18-21-12-8-9-13-21)36-38(33(29)42)34(3,4)5/h16-17,20-22,40H,6-15,18-19H2,1-5H3,(H,35,39)/b30-29-. The Hall–Kier alpha value is -3.42. The van der Waals surface area contributed by atoms with Crippen LogP contribution in [0.15, 0.2) is 40.2 Å². The maximum atomic E-state index is 13.9. The zero-order chi connectivity index (χ0) is 30.2. The molecule has 8 nitrogen and oxygen atoms in total. The molecule has 1 aromatic rings. The number of benzene rings is 1. The van der Waals surface area contributed by atoms with Crippen LogP contribution < -0.4 is 10.2 Å². The van der Waals surface area contributed by atoms with Crippen molar-refractivity contribution in [1.82, 2.24) is 5.01 Å². The lowest BCUT2D eigenvalue weighted by Gasteiger charge is -2.29. The maximum absolute atomic E-state index is 13.9. The van der Waals surface area contributed by atoms with Crippen molar-refractivity contribution in [3.8, 4) is 0 Å². The van der Waals surface area contributed by atoms with Crippen LogP contribution in [-0.2, 0) is 14.4 Å². The zero-order valence-corrected chi connectivity index (χ0v) is 25.9. The van der Waals surface area contributed by atoms with Crippen LogP contribution in [0.1, 0.15) is 104 Å². The molecule has 1 aliphatic heterocycles. The Morgan fingerprint density at radius 1 is 0.976 bits per heavy atom. The zero-order valence-electron chi connectivity index (χ0n) is 25.9. The third kappa shape index (κ3) is 5.77. The molecule has 0 bridgehead atoms. The molecule has 0 radical (unpaired) electrons. The predicted octanol–water partition coefficient (Wildman–Crippen LogP) is 6.78. The molecule has 226 valence electrons. The summed E-state index contributed by atoms with van der Waals surface area (Å²) in [5, 5.41) is 20.7. The van der Waals surface area contributed by atoms with Gasteiger partial charge in [-0.25, -0.2) is 5.01 Å². The van der Waals surface area contributed by atoms with Gasteiger partial charge in [-0.15, -0.1) is 0 Å². The number of carbonyl (C=O) groups excluding carboxylic acids is 3. The second-order valence-corrected chi connectivity index (χ2v) is 13.3. The Bertz CT molecular complexity index is 1350. The van der Waals surface area contributed by atoms with E-state index in [9.17, 15) is 19.5 Å². The van der Waals surface area contributed by atoms with Gasteiger partial charge in [0.1, 0.15) is 5.76 Å². The lowest BCUT2D eigenvalue weighted by molar-refractivity contribution is -0.130. The van der Waals surface area contributed by atoms with Gasteiger partial charge in [-0.1, -0.05) is 38.5 Å². The minimum Gasteiger partial charge on any atom is -0.506 e. The number of ketones is 1. The molecule has 0 aromatic heterocycles. The molecule has 0 unspecified atom stereocenters. The number of allylic oxidation sites excluding steroid dienone is 2. The van der Waals surface area contributed by atoms with Gasteiger partial charge in [-0.2, -0.15) is 5.10 Å². The summed E-state index contributed by atoms with van der Waals surface area (Å²) in [6.07, 6.45) is 9.98. The van der Waals surface area contributed by atoms with E-state index >= 15 is 0 Å². The summed E-state index contributed by atoms with van der Waals surface area (Å²) in [5.41, 5.74) is 2.37. The number of hydrogen-bond acceptors (Lipinski definition) is 6. The first-order valence-electron chi connectivity index (χ1n) is 15.9. The van der Waals surface area contributed by atoms with Crippen LogP contribution in [0.2, 0.25) is 0 Å². The summed E-state index contributed by atoms with van der Waals surface area (Å²) in [5.74, 6) is -0.199. The number of aliphatic hydroxyl groups is 1. The highest BCUT2D eigenvalue weighted by molar-refractivity contribution is 6.44. The van der Waals surface area contributed by atoms with E-state index in [1.165, 1.54) is 5.01 Å². The number of carbonyl (C=O) groups is 3. The van der Waals surface area contributed by atoms with Crippen molar-refractivity contribution in [2.45, 2.75) is 104 Å². The normalized spacial score (nSPS) is 21.8. The average Bonchev–Trinajstić information content (AvgIpc) is 3.70. The maximum Gasteiger partial charge on any atom is 0.277 e. The van der Waals surface area contributed by atoms with Crippen LogP contribution >= 0.6 is 0 Å². The first-order valence-corrected chi connectivity index (χ1v) is 15.9. The Balaban J connectivity index is 1.53. The van der Waals surface area contributed by atoms with Crippen molar-refractivity contribution in [3.63, 3.8) is 0 Å². The summed E-state index contributed by atoms with van der Waals surface area (Å²) in [4.78, 5) is 42.8. The van der Waals surface area contributed by atoms with E-state index < -0.39 is 5.54 Å². The Morgan fingerprint density at radius 2 is 1.60 bits per heavy atom. The molecule has 0 atom stereocenters. The highest BCUT2D eigenvalue weighted by Gasteiger charge is 2.46. The minimum atomic E-state index is -0.563. The third-order valence-electron chi connectivity index (χ3n) is 9.31. The first kappa shape index (κ1) is 30.1. The van der Waals surface area contributed by atoms with Gasteiger partial charge in [0, 0.05) is 30.8 Å². The molecule has 1 heterocycles. The summed E-state index contributed by atoms with van der Waals surface area (Å²) in [6, 6.07) is 5.61. The quantitative estimate of drug-likeness (QED) is 0.317. The predicted molar refractivity (Wildman–Crippen MR) is 167 cm³/mol. The molecule has 2 amide bonds. The highest BCUT2D eigenvalue weighted by Crippen LogP contribution is 2.44. The van der Waals surface area contributed by atoms with Gasteiger partial charge in [-0.05, 0) is 83.9 Å². The van der Waals surface area contributed by atoms with Crippen molar-refractivity contribution in [2.24, 2.45) is 16.9 Å². The second kappa shape index (κ2) is 12.1. The van der Waals surface area contributed by atoms with E-state index in [1.807, 2.05) is 32.9 Å². The third-order valence-corrected chi connectivity index (χ3v) is 9.31. The molecule has 1 aromatic carbocycles. The van der Waals surface area contributed by atoms with E-state index in [0.717, 1.165) is 70.1 Å². The number of rotatable bonds is 9. The monoisotopic (exact) mass is 574 g/mol. The van der Waals surface area contributed by atoms with Crippen molar-refractivity contribution >= 4 is 40.3 Å². The summed E-state index contributed by atoms with van der Waals surface area (Å²) < 4.78 is 0. The first-order chi connectivity index (χ1) is 20.0. The van der Waals surface area contributed by atoms with E-state index in [4.69, 9.17) is 5.10 Å². The lowest BCUT2D eigenvalue weighted by atomic mass is 9.78. The molecule has 2 saturated carbocycles. The van der Waals surface area contributed by atoms with Gasteiger partial charge < -0.3 is 15.3 Å². The average molecular weight is 575 g/mol. The van der Waals surface area contributed by atoms with Gasteiger partial charge in [0.25, 0.3) is 5.91 Å². The number of aliphatic hydroxyl groups excluding tert-OH is 1. The fourth-order valence-electron chi connectivity index (χ4n) is 6.98. The van der Waals surface area contributed by atoms with Crippen molar-refractivity contribution < 1.29 is 19.5 Å². The molecular formula is C34H46N4O4. The van der Waals surface area contributed by atoms with Crippen LogP contribution in [0.4, 0.5) is 11.4 Å². The van der Waals surface area contributed by atoms with Crippen molar-refractivity contribution in [1.29, 1.82) is 0 Å². The number of anilines is 2. The van der Waals surface area contributed by atoms with Gasteiger partial charge >= 0.3 is 0 Å². The number of hydrazone groups is 1. The summed E-state index contributed by atoms with van der Waals surface area (Å²) >= 11 is 0. The summed E-state index contributed by atoms with van der Waals surface area (Å²) in [6.45, 7) is 11.5. The molecule has 0 saturated heterocycles. The van der Waals surface area contributed by atoms with Crippen LogP contribution in [0, 0.1) is 11.8 Å². The molecule has 4 aliphatic rings. The molecule has 3 aliphatic carbocycles. The number of nitrogens with zero attached hydrogens (tertiary/aromatic N) is 3. The van der Waals surface area contributed by atoms with Gasteiger partial charge in [0.05, 0.1) is 33.7 Å². The Morgan fingerprint density at radius 3 is 2.17 bits per heavy atom. The van der Waals surface area contributed by atoms with Gasteiger partial charge in [-0.3, -0.25) is 14.4 Å². The molecule has 42 heavy (non-hydrogen) atoms. The molecule has 2 N–H and O–H groups in total. The molecule has 5 rings (SSSR count). The number of nitrogens with one attached hydrogen (secondary N) is 1. The van der Waals surface area contributed by atoms with Crippen molar-refractivity contribution in [2.75, 3.05) is 23.3 Å². The van der Waals surface area contributed by atoms with Crippen LogP contribution in [0.3, 0.4) is 0 Å². The van der Waals surface area contributed by atoms with E-state index in [2.05, 4.69) is 24.1 Å². The fourth-order valence-corrected chi connectivity index (χ4v) is 6.98. The Kier molecular flexibility index (Phi) is 8.63. The second-order valence-electron chi connectivity index (χ2n) is 13.3. The molecular weight excluding hydrogens is 528 g/mol. The highest BCUT2D eigenvalue weighted by atomic mass is 16.3. The van der Waals surface area contributed by atoms with Crippen molar-refractivity contribution in [3.05, 3.63) is 40.7 Å². The molecule has 8 heteroatoms. The number of amides is 2. The Labute approximate surface area is 249 Å². The lowest BCUT2D eigenvalue weighted by Crippen LogP contribution is -2.40. The summed E-state index contributed by atoms with van der Waals surface area (Å²) in [7, 11) is 0. The fraction of sp³-hybridized carbons (Fsp3) is 0.588. The van der Waals surface area contributed by atoms with Crippen LogP contribution in [-0.4, -0.2) is 52.1 Å². The van der Waals surface area contributed by atoms with Gasteiger partial charge in [0.2, 0.25) is 11.7 Å². The number of Topliss-reactive ketones (excluding diaryl/α,β-unsaturated/α-hetero) is 1. The van der Waals surface area contributed by atoms with Crippen LogP contribution in [0.25, 0.3) is 5.57 Å².